The van der Waals surface area contributed by atoms with E-state index in [1.165, 1.54) is 18.6 Å². The third-order valence-electron chi connectivity index (χ3n) is 3.92. The van der Waals surface area contributed by atoms with Gasteiger partial charge in [-0.05, 0) is 43.0 Å². The first-order chi connectivity index (χ1) is 8.70. The van der Waals surface area contributed by atoms with Gasteiger partial charge in [-0.1, -0.05) is 25.0 Å². The molecule has 2 N–H and O–H groups in total. The maximum atomic E-state index is 12.8. The van der Waals surface area contributed by atoms with Gasteiger partial charge in [0.05, 0.1) is 0 Å². The average Bonchev–Trinajstić information content (AvgIpc) is 2.41. The van der Waals surface area contributed by atoms with Crippen LogP contribution in [0.2, 0.25) is 0 Å². The normalized spacial score (nSPS) is 23.9. The summed E-state index contributed by atoms with van der Waals surface area (Å²) >= 11 is 0. The number of benzene rings is 1. The van der Waals surface area contributed by atoms with Gasteiger partial charge in [-0.3, -0.25) is 4.79 Å². The van der Waals surface area contributed by atoms with Crippen LogP contribution in [0.4, 0.5) is 4.39 Å². The van der Waals surface area contributed by atoms with Crippen LogP contribution in [0, 0.1) is 17.7 Å². The number of Topliss-reactive ketones (excluding diaryl/α,β-unsaturated/α-hetero) is 1. The van der Waals surface area contributed by atoms with Crippen LogP contribution in [0.1, 0.15) is 31.2 Å². The van der Waals surface area contributed by atoms with Crippen molar-refractivity contribution in [2.45, 2.75) is 32.1 Å². The number of rotatable bonds is 4. The van der Waals surface area contributed by atoms with Gasteiger partial charge in [0.15, 0.2) is 0 Å². The molecule has 0 saturated heterocycles. The van der Waals surface area contributed by atoms with Gasteiger partial charge in [0.1, 0.15) is 11.6 Å². The standard InChI is InChI=1S/C15H20FNO/c16-13-7-5-11(6-8-13)9-15(18)14-4-2-1-3-12(14)10-17/h5-8,12,14H,1-4,9-10,17H2. The summed E-state index contributed by atoms with van der Waals surface area (Å²) in [7, 11) is 0. The van der Waals surface area contributed by atoms with E-state index in [-0.39, 0.29) is 17.5 Å². The van der Waals surface area contributed by atoms with Gasteiger partial charge in [-0.2, -0.15) is 0 Å². The summed E-state index contributed by atoms with van der Waals surface area (Å²) in [5.41, 5.74) is 6.63. The third kappa shape index (κ3) is 3.16. The summed E-state index contributed by atoms with van der Waals surface area (Å²) in [4.78, 5) is 12.3. The third-order valence-corrected chi connectivity index (χ3v) is 3.92. The molecule has 0 aliphatic heterocycles. The molecule has 0 amide bonds. The highest BCUT2D eigenvalue weighted by atomic mass is 19.1. The molecule has 2 atom stereocenters. The maximum Gasteiger partial charge on any atom is 0.140 e. The van der Waals surface area contributed by atoms with E-state index in [0.29, 0.717) is 18.9 Å². The second-order valence-electron chi connectivity index (χ2n) is 5.16. The molecule has 2 unspecified atom stereocenters. The predicted octanol–water partition coefficient (Wildman–Crippen LogP) is 2.70. The second-order valence-corrected chi connectivity index (χ2v) is 5.16. The largest absolute Gasteiger partial charge is 0.330 e. The van der Waals surface area contributed by atoms with E-state index in [2.05, 4.69) is 0 Å². The molecule has 0 radical (unpaired) electrons. The van der Waals surface area contributed by atoms with Crippen molar-refractivity contribution in [3.63, 3.8) is 0 Å². The van der Waals surface area contributed by atoms with E-state index in [1.807, 2.05) is 0 Å². The molecular weight excluding hydrogens is 229 g/mol. The molecule has 1 aromatic carbocycles. The molecule has 0 spiro atoms. The van der Waals surface area contributed by atoms with Crippen LogP contribution in [0.3, 0.4) is 0 Å². The summed E-state index contributed by atoms with van der Waals surface area (Å²) in [6.07, 6.45) is 4.73. The Morgan fingerprint density at radius 2 is 1.89 bits per heavy atom. The van der Waals surface area contributed by atoms with Crippen LogP contribution < -0.4 is 5.73 Å². The van der Waals surface area contributed by atoms with Crippen LogP contribution in [-0.4, -0.2) is 12.3 Å². The van der Waals surface area contributed by atoms with E-state index in [4.69, 9.17) is 5.73 Å². The topological polar surface area (TPSA) is 43.1 Å². The zero-order valence-corrected chi connectivity index (χ0v) is 10.6. The Kier molecular flexibility index (Phi) is 4.48. The molecule has 2 rings (SSSR count). The Bertz CT molecular complexity index is 401. The Hall–Kier alpha value is -1.22. The van der Waals surface area contributed by atoms with Crippen molar-refractivity contribution in [1.82, 2.24) is 0 Å². The van der Waals surface area contributed by atoms with E-state index in [9.17, 15) is 9.18 Å². The van der Waals surface area contributed by atoms with Crippen molar-refractivity contribution in [3.8, 4) is 0 Å². The molecular formula is C15H20FNO. The van der Waals surface area contributed by atoms with E-state index >= 15 is 0 Å². The molecule has 0 aromatic heterocycles. The molecule has 98 valence electrons. The fourth-order valence-electron chi connectivity index (χ4n) is 2.85. The lowest BCUT2D eigenvalue weighted by Gasteiger charge is -2.29. The molecule has 1 aliphatic carbocycles. The van der Waals surface area contributed by atoms with Crippen molar-refractivity contribution >= 4 is 5.78 Å². The fraction of sp³-hybridized carbons (Fsp3) is 0.533. The monoisotopic (exact) mass is 249 g/mol. The Morgan fingerprint density at radius 3 is 2.56 bits per heavy atom. The van der Waals surface area contributed by atoms with Crippen molar-refractivity contribution in [3.05, 3.63) is 35.6 Å². The van der Waals surface area contributed by atoms with Gasteiger partial charge in [0, 0.05) is 12.3 Å². The Balaban J connectivity index is 2.00. The molecule has 2 nitrogen and oxygen atoms in total. The van der Waals surface area contributed by atoms with Gasteiger partial charge in [-0.25, -0.2) is 4.39 Å². The molecule has 1 saturated carbocycles. The lowest BCUT2D eigenvalue weighted by molar-refractivity contribution is -0.124. The van der Waals surface area contributed by atoms with Gasteiger partial charge < -0.3 is 5.73 Å². The lowest BCUT2D eigenvalue weighted by Crippen LogP contribution is -2.33. The van der Waals surface area contributed by atoms with Gasteiger partial charge >= 0.3 is 0 Å². The van der Waals surface area contributed by atoms with Gasteiger partial charge in [-0.15, -0.1) is 0 Å². The molecule has 3 heteroatoms. The summed E-state index contributed by atoms with van der Waals surface area (Å²) < 4.78 is 12.8. The first-order valence-corrected chi connectivity index (χ1v) is 6.68. The van der Waals surface area contributed by atoms with Crippen LogP contribution >= 0.6 is 0 Å². The Labute approximate surface area is 107 Å². The second kappa shape index (κ2) is 6.10. The highest BCUT2D eigenvalue weighted by Gasteiger charge is 2.29. The quantitative estimate of drug-likeness (QED) is 0.891. The van der Waals surface area contributed by atoms with Crippen LogP contribution in [-0.2, 0) is 11.2 Å². The molecule has 0 heterocycles. The van der Waals surface area contributed by atoms with Gasteiger partial charge in [0.2, 0.25) is 0 Å². The fourth-order valence-corrected chi connectivity index (χ4v) is 2.85. The minimum absolute atomic E-state index is 0.105. The van der Waals surface area contributed by atoms with E-state index < -0.39 is 0 Å². The summed E-state index contributed by atoms with van der Waals surface area (Å²) in [6, 6.07) is 6.19. The van der Waals surface area contributed by atoms with Crippen LogP contribution in [0.15, 0.2) is 24.3 Å². The highest BCUT2D eigenvalue weighted by molar-refractivity contribution is 5.83. The maximum absolute atomic E-state index is 12.8. The SMILES string of the molecule is NCC1CCCCC1C(=O)Cc1ccc(F)cc1. The van der Waals surface area contributed by atoms with Gasteiger partial charge in [0.25, 0.3) is 0 Å². The minimum Gasteiger partial charge on any atom is -0.330 e. The predicted molar refractivity (Wildman–Crippen MR) is 69.6 cm³/mol. The van der Waals surface area contributed by atoms with Crippen molar-refractivity contribution in [2.24, 2.45) is 17.6 Å². The number of halogens is 1. The van der Waals surface area contributed by atoms with Crippen LogP contribution in [0.25, 0.3) is 0 Å². The number of ketones is 1. The molecule has 1 aliphatic rings. The van der Waals surface area contributed by atoms with Crippen LogP contribution in [0.5, 0.6) is 0 Å². The van der Waals surface area contributed by atoms with E-state index in [1.54, 1.807) is 12.1 Å². The zero-order chi connectivity index (χ0) is 13.0. The zero-order valence-electron chi connectivity index (χ0n) is 10.6. The number of hydrogen-bond acceptors (Lipinski definition) is 2. The average molecular weight is 249 g/mol. The molecule has 1 aromatic rings. The van der Waals surface area contributed by atoms with E-state index in [0.717, 1.165) is 24.8 Å². The first kappa shape index (κ1) is 13.2. The van der Waals surface area contributed by atoms with Crippen molar-refractivity contribution < 1.29 is 9.18 Å². The summed E-state index contributed by atoms with van der Waals surface area (Å²) in [5, 5.41) is 0. The van der Waals surface area contributed by atoms with Crippen molar-refractivity contribution in [2.75, 3.05) is 6.54 Å². The first-order valence-electron chi connectivity index (χ1n) is 6.68. The molecule has 0 bridgehead atoms. The molecule has 1 fully saturated rings. The summed E-state index contributed by atoms with van der Waals surface area (Å²) in [5.74, 6) is 0.445. The number of carbonyl (C=O) groups is 1. The Morgan fingerprint density at radius 1 is 1.22 bits per heavy atom. The smallest absolute Gasteiger partial charge is 0.140 e. The highest BCUT2D eigenvalue weighted by Crippen LogP contribution is 2.30. The summed E-state index contributed by atoms with van der Waals surface area (Å²) in [6.45, 7) is 0.597. The minimum atomic E-state index is -0.260. The number of carbonyl (C=O) groups excluding carboxylic acids is 1. The number of nitrogens with two attached hydrogens (primary N) is 1. The number of hydrogen-bond donors (Lipinski definition) is 1. The molecule has 18 heavy (non-hydrogen) atoms. The van der Waals surface area contributed by atoms with Crippen molar-refractivity contribution in [1.29, 1.82) is 0 Å². The lowest BCUT2D eigenvalue weighted by atomic mass is 9.76.